The van der Waals surface area contributed by atoms with Crippen molar-refractivity contribution < 1.29 is 19.7 Å². The third-order valence-corrected chi connectivity index (χ3v) is 4.59. The molecular weight excluding hydrogens is 258 g/mol. The van der Waals surface area contributed by atoms with Crippen LogP contribution in [0, 0.1) is 5.92 Å². The number of rotatable bonds is 5. The number of aliphatic hydroxyl groups is 2. The maximum absolute atomic E-state index is 12.1. The first-order valence-electron chi connectivity index (χ1n) is 7.38. The molecule has 0 spiro atoms. The minimum Gasteiger partial charge on any atom is -0.459 e. The molecule has 5 heteroatoms. The predicted molar refractivity (Wildman–Crippen MR) is 75.1 cm³/mol. The summed E-state index contributed by atoms with van der Waals surface area (Å²) in [5.41, 5.74) is -0.721. The average Bonchev–Trinajstić information content (AvgIpc) is 2.97. The van der Waals surface area contributed by atoms with Gasteiger partial charge in [0.15, 0.2) is 5.60 Å². The number of hydrogen-bond acceptors (Lipinski definition) is 5. The van der Waals surface area contributed by atoms with Gasteiger partial charge >= 0.3 is 5.97 Å². The Labute approximate surface area is 120 Å². The Hall–Kier alpha value is -0.910. The van der Waals surface area contributed by atoms with Gasteiger partial charge in [0.2, 0.25) is 0 Å². The summed E-state index contributed by atoms with van der Waals surface area (Å²) in [6.07, 6.45) is 3.23. The molecule has 2 heterocycles. The summed E-state index contributed by atoms with van der Waals surface area (Å²) < 4.78 is 5.28. The minimum absolute atomic E-state index is 0.210. The summed E-state index contributed by atoms with van der Waals surface area (Å²) in [7, 11) is 0. The lowest BCUT2D eigenvalue weighted by molar-refractivity contribution is -0.183. The lowest BCUT2D eigenvalue weighted by Crippen LogP contribution is -2.53. The molecule has 114 valence electrons. The van der Waals surface area contributed by atoms with Gasteiger partial charge in [-0.25, -0.2) is 4.79 Å². The number of carbonyl (C=O) groups is 1. The fourth-order valence-corrected chi connectivity index (χ4v) is 3.14. The molecule has 1 fully saturated rings. The second-order valence-corrected chi connectivity index (χ2v) is 6.16. The van der Waals surface area contributed by atoms with Crippen molar-refractivity contribution in [3.63, 3.8) is 0 Å². The third kappa shape index (κ3) is 2.62. The molecule has 0 aliphatic carbocycles. The Morgan fingerprint density at radius 1 is 1.55 bits per heavy atom. The SMILES string of the molecule is CC(C)[C@](O)(C(=O)OCC1=CCN2CCC[C@@H]12)[C@@H](C)O. The molecule has 0 aromatic carbocycles. The molecule has 2 aliphatic rings. The van der Waals surface area contributed by atoms with Gasteiger partial charge in [-0.3, -0.25) is 4.90 Å². The largest absolute Gasteiger partial charge is 0.459 e. The average molecular weight is 283 g/mol. The summed E-state index contributed by atoms with van der Waals surface area (Å²) in [5.74, 6) is -1.14. The van der Waals surface area contributed by atoms with Crippen LogP contribution in [0.25, 0.3) is 0 Å². The molecule has 0 saturated carbocycles. The zero-order valence-electron chi connectivity index (χ0n) is 12.5. The van der Waals surface area contributed by atoms with E-state index in [1.54, 1.807) is 13.8 Å². The summed E-state index contributed by atoms with van der Waals surface area (Å²) >= 11 is 0. The van der Waals surface area contributed by atoms with E-state index in [1.165, 1.54) is 13.3 Å². The Morgan fingerprint density at radius 2 is 2.25 bits per heavy atom. The van der Waals surface area contributed by atoms with Gasteiger partial charge in [-0.1, -0.05) is 19.9 Å². The van der Waals surface area contributed by atoms with Crippen LogP contribution in [0.2, 0.25) is 0 Å². The van der Waals surface area contributed by atoms with Crippen molar-refractivity contribution in [1.29, 1.82) is 0 Å². The lowest BCUT2D eigenvalue weighted by atomic mass is 9.85. The van der Waals surface area contributed by atoms with Crippen LogP contribution in [-0.4, -0.2) is 58.5 Å². The Morgan fingerprint density at radius 3 is 2.85 bits per heavy atom. The molecule has 0 radical (unpaired) electrons. The molecule has 20 heavy (non-hydrogen) atoms. The second-order valence-electron chi connectivity index (χ2n) is 6.16. The molecule has 0 unspecified atom stereocenters. The molecule has 2 N–H and O–H groups in total. The maximum atomic E-state index is 12.1. The van der Waals surface area contributed by atoms with Gasteiger partial charge < -0.3 is 14.9 Å². The van der Waals surface area contributed by atoms with E-state index < -0.39 is 23.6 Å². The van der Waals surface area contributed by atoms with E-state index in [9.17, 15) is 15.0 Å². The predicted octanol–water partition coefficient (Wildman–Crippen LogP) is 0.702. The van der Waals surface area contributed by atoms with Crippen LogP contribution in [-0.2, 0) is 9.53 Å². The first-order valence-corrected chi connectivity index (χ1v) is 7.38. The van der Waals surface area contributed by atoms with Crippen molar-refractivity contribution in [2.45, 2.75) is 51.4 Å². The molecule has 1 saturated heterocycles. The van der Waals surface area contributed by atoms with Crippen LogP contribution >= 0.6 is 0 Å². The van der Waals surface area contributed by atoms with Gasteiger partial charge in [0.05, 0.1) is 6.10 Å². The molecule has 0 aromatic heterocycles. The molecule has 2 aliphatic heterocycles. The minimum atomic E-state index is -1.84. The van der Waals surface area contributed by atoms with Crippen LogP contribution in [0.4, 0.5) is 0 Å². The molecular formula is C15H25NO4. The van der Waals surface area contributed by atoms with E-state index in [2.05, 4.69) is 11.0 Å². The third-order valence-electron chi connectivity index (χ3n) is 4.59. The van der Waals surface area contributed by atoms with Crippen molar-refractivity contribution in [3.05, 3.63) is 11.6 Å². The number of fused-ring (bicyclic) bond motifs is 1. The monoisotopic (exact) mass is 283 g/mol. The van der Waals surface area contributed by atoms with Crippen LogP contribution in [0.1, 0.15) is 33.6 Å². The number of nitrogens with zero attached hydrogens (tertiary/aromatic N) is 1. The van der Waals surface area contributed by atoms with E-state index >= 15 is 0 Å². The molecule has 0 bridgehead atoms. The lowest BCUT2D eigenvalue weighted by Gasteiger charge is -2.32. The van der Waals surface area contributed by atoms with Gasteiger partial charge in [-0.2, -0.15) is 0 Å². The fraction of sp³-hybridized carbons (Fsp3) is 0.800. The number of ether oxygens (including phenoxy) is 1. The van der Waals surface area contributed by atoms with Crippen LogP contribution < -0.4 is 0 Å². The molecule has 3 atom stereocenters. The number of carbonyl (C=O) groups excluding carboxylic acids is 1. The van der Waals surface area contributed by atoms with Gasteiger partial charge in [-0.05, 0) is 37.8 Å². The first kappa shape index (κ1) is 15.5. The summed E-state index contributed by atoms with van der Waals surface area (Å²) in [6.45, 7) is 7.03. The van der Waals surface area contributed by atoms with E-state index in [1.807, 2.05) is 0 Å². The molecule has 2 rings (SSSR count). The highest BCUT2D eigenvalue weighted by Crippen LogP contribution is 2.29. The number of hydrogen-bond donors (Lipinski definition) is 2. The van der Waals surface area contributed by atoms with Gasteiger partial charge in [0.1, 0.15) is 6.61 Å². The van der Waals surface area contributed by atoms with Crippen molar-refractivity contribution >= 4 is 5.97 Å². The molecule has 0 aromatic rings. The topological polar surface area (TPSA) is 70.0 Å². The smallest absolute Gasteiger partial charge is 0.341 e. The summed E-state index contributed by atoms with van der Waals surface area (Å²) in [4.78, 5) is 14.5. The van der Waals surface area contributed by atoms with Gasteiger partial charge in [-0.15, -0.1) is 0 Å². The van der Waals surface area contributed by atoms with Crippen LogP contribution in [0.15, 0.2) is 11.6 Å². The Balaban J connectivity index is 1.95. The van der Waals surface area contributed by atoms with Crippen molar-refractivity contribution in [1.82, 2.24) is 4.90 Å². The molecule has 0 amide bonds. The highest BCUT2D eigenvalue weighted by atomic mass is 16.6. The summed E-state index contributed by atoms with van der Waals surface area (Å²) in [6, 6.07) is 0.390. The van der Waals surface area contributed by atoms with Crippen molar-refractivity contribution in [2.24, 2.45) is 5.92 Å². The van der Waals surface area contributed by atoms with E-state index in [4.69, 9.17) is 4.74 Å². The van der Waals surface area contributed by atoms with Gasteiger partial charge in [0, 0.05) is 12.6 Å². The highest BCUT2D eigenvalue weighted by molar-refractivity contribution is 5.80. The molecule has 5 nitrogen and oxygen atoms in total. The summed E-state index contributed by atoms with van der Waals surface area (Å²) in [5, 5.41) is 20.0. The zero-order valence-corrected chi connectivity index (χ0v) is 12.5. The standard InChI is InChI=1S/C15H25NO4/c1-10(2)15(19,11(3)17)14(18)20-9-12-6-8-16-7-4-5-13(12)16/h6,10-11,13,17,19H,4-5,7-9H2,1-3H3/t11-,13+,15-/m1/s1. The van der Waals surface area contributed by atoms with E-state index in [-0.39, 0.29) is 6.61 Å². The second kappa shape index (κ2) is 5.84. The van der Waals surface area contributed by atoms with Gasteiger partial charge in [0.25, 0.3) is 0 Å². The fourth-order valence-electron chi connectivity index (χ4n) is 3.14. The number of aliphatic hydroxyl groups excluding tert-OH is 1. The maximum Gasteiger partial charge on any atom is 0.341 e. The van der Waals surface area contributed by atoms with E-state index in [0.29, 0.717) is 6.04 Å². The van der Waals surface area contributed by atoms with Crippen LogP contribution in [0.3, 0.4) is 0 Å². The zero-order chi connectivity index (χ0) is 14.9. The van der Waals surface area contributed by atoms with Crippen LogP contribution in [0.5, 0.6) is 0 Å². The number of esters is 1. The normalized spacial score (nSPS) is 27.1. The highest BCUT2D eigenvalue weighted by Gasteiger charge is 2.46. The van der Waals surface area contributed by atoms with Crippen molar-refractivity contribution in [3.8, 4) is 0 Å². The van der Waals surface area contributed by atoms with Crippen molar-refractivity contribution in [2.75, 3.05) is 19.7 Å². The quantitative estimate of drug-likeness (QED) is 0.574. The Bertz CT molecular complexity index is 395. The van der Waals surface area contributed by atoms with E-state index in [0.717, 1.165) is 25.1 Å². The Kier molecular flexibility index (Phi) is 4.52. The first-order chi connectivity index (χ1) is 9.37.